The van der Waals surface area contributed by atoms with Crippen molar-refractivity contribution >= 4 is 11.9 Å². The van der Waals surface area contributed by atoms with Crippen LogP contribution in [0.4, 0.5) is 4.39 Å². The third kappa shape index (κ3) is 3.71. The Morgan fingerprint density at radius 3 is 2.70 bits per heavy atom. The molecule has 0 N–H and O–H groups in total. The lowest BCUT2D eigenvalue weighted by atomic mass is 10.0. The number of oxime groups is 1. The van der Waals surface area contributed by atoms with Crippen LogP contribution in [-0.2, 0) is 15.3 Å². The SMILES string of the molecule is COc1cc(/C=C2\O[C@H](C)CN3C2=NO[C@]3(C)c2ccc(F)cc2)ccc1-n1cnc(C)c1. The van der Waals surface area contributed by atoms with Crippen molar-refractivity contribution in [3.8, 4) is 11.4 Å². The van der Waals surface area contributed by atoms with E-state index in [9.17, 15) is 4.39 Å². The highest BCUT2D eigenvalue weighted by Crippen LogP contribution is 2.39. The number of rotatable bonds is 4. The number of hydrogen-bond donors (Lipinski definition) is 0. The molecular formula is C25H25FN4O3. The molecule has 0 amide bonds. The second-order valence-corrected chi connectivity index (χ2v) is 8.40. The Morgan fingerprint density at radius 2 is 2.00 bits per heavy atom. The average molecular weight is 448 g/mol. The molecule has 1 aromatic heterocycles. The Hall–Kier alpha value is -3.81. The molecule has 0 bridgehead atoms. The largest absolute Gasteiger partial charge is 0.495 e. The average Bonchev–Trinajstić information content (AvgIpc) is 3.38. The molecule has 0 saturated carbocycles. The van der Waals surface area contributed by atoms with Gasteiger partial charge in [0.05, 0.1) is 31.4 Å². The molecule has 7 nitrogen and oxygen atoms in total. The van der Waals surface area contributed by atoms with Crippen LogP contribution in [-0.4, -0.2) is 40.0 Å². The standard InChI is InChI=1S/C25H25FN4O3/c1-16-13-29(15-27-16)21-10-5-18(11-22(21)31-4)12-23-24-28-33-25(3,30(24)14-17(2)32-23)19-6-8-20(26)9-7-19/h5-13,15,17H,14H2,1-4H3/b23-12-/t17-,25-/m1/s1. The monoisotopic (exact) mass is 448 g/mol. The van der Waals surface area contributed by atoms with Crippen molar-refractivity contribution in [1.29, 1.82) is 0 Å². The number of imidazole rings is 1. The smallest absolute Gasteiger partial charge is 0.234 e. The first-order valence-corrected chi connectivity index (χ1v) is 10.7. The van der Waals surface area contributed by atoms with E-state index in [0.29, 0.717) is 23.9 Å². The van der Waals surface area contributed by atoms with Crippen molar-refractivity contribution < 1.29 is 18.7 Å². The normalized spacial score (nSPS) is 23.1. The van der Waals surface area contributed by atoms with E-state index < -0.39 is 5.72 Å². The minimum atomic E-state index is -0.846. The van der Waals surface area contributed by atoms with Gasteiger partial charge in [-0.1, -0.05) is 23.4 Å². The molecule has 2 aliphatic heterocycles. The maximum atomic E-state index is 13.5. The van der Waals surface area contributed by atoms with E-state index in [2.05, 4.69) is 15.0 Å². The highest BCUT2D eigenvalue weighted by molar-refractivity contribution is 6.01. The molecule has 5 rings (SSSR count). The Labute approximate surface area is 191 Å². The number of morpholine rings is 1. The van der Waals surface area contributed by atoms with Crippen LogP contribution >= 0.6 is 0 Å². The topological polar surface area (TPSA) is 61.1 Å². The zero-order chi connectivity index (χ0) is 23.2. The zero-order valence-corrected chi connectivity index (χ0v) is 18.9. The van der Waals surface area contributed by atoms with Crippen molar-refractivity contribution in [3.05, 3.63) is 83.4 Å². The van der Waals surface area contributed by atoms with Crippen LogP contribution in [0.15, 0.2) is 65.9 Å². The van der Waals surface area contributed by atoms with E-state index in [0.717, 1.165) is 22.5 Å². The fourth-order valence-electron chi connectivity index (χ4n) is 4.20. The lowest BCUT2D eigenvalue weighted by Gasteiger charge is -2.39. The summed E-state index contributed by atoms with van der Waals surface area (Å²) in [5.74, 6) is 1.63. The quantitative estimate of drug-likeness (QED) is 0.584. The summed E-state index contributed by atoms with van der Waals surface area (Å²) < 4.78 is 27.2. The number of methoxy groups -OCH3 is 1. The van der Waals surface area contributed by atoms with Crippen LogP contribution in [0.2, 0.25) is 0 Å². The van der Waals surface area contributed by atoms with E-state index in [4.69, 9.17) is 14.3 Å². The van der Waals surface area contributed by atoms with Crippen molar-refractivity contribution in [2.75, 3.05) is 13.7 Å². The molecule has 2 aliphatic rings. The van der Waals surface area contributed by atoms with Gasteiger partial charge in [0.2, 0.25) is 11.6 Å². The summed E-state index contributed by atoms with van der Waals surface area (Å²) in [4.78, 5) is 12.2. The summed E-state index contributed by atoms with van der Waals surface area (Å²) in [7, 11) is 1.64. The number of halogens is 1. The lowest BCUT2D eigenvalue weighted by Crippen LogP contribution is -2.51. The van der Waals surface area contributed by atoms with Crippen LogP contribution in [0.3, 0.4) is 0 Å². The zero-order valence-electron chi connectivity index (χ0n) is 18.9. The predicted octanol–water partition coefficient (Wildman–Crippen LogP) is 4.61. The minimum absolute atomic E-state index is 0.0910. The molecule has 170 valence electrons. The molecule has 1 saturated heterocycles. The van der Waals surface area contributed by atoms with Gasteiger partial charge in [0.25, 0.3) is 0 Å². The fourth-order valence-corrected chi connectivity index (χ4v) is 4.20. The second kappa shape index (κ2) is 7.95. The van der Waals surface area contributed by atoms with Gasteiger partial charge in [-0.05, 0) is 49.8 Å². The number of benzene rings is 2. The number of ether oxygens (including phenoxy) is 2. The number of amidine groups is 1. The van der Waals surface area contributed by atoms with E-state index in [1.54, 1.807) is 25.6 Å². The molecule has 1 fully saturated rings. The molecule has 3 heterocycles. The molecule has 2 atom stereocenters. The lowest BCUT2D eigenvalue weighted by molar-refractivity contribution is -0.104. The summed E-state index contributed by atoms with van der Waals surface area (Å²) in [5, 5.41) is 4.34. The first-order valence-electron chi connectivity index (χ1n) is 10.7. The van der Waals surface area contributed by atoms with Crippen molar-refractivity contribution in [3.63, 3.8) is 0 Å². The van der Waals surface area contributed by atoms with E-state index >= 15 is 0 Å². The maximum Gasteiger partial charge on any atom is 0.234 e. The third-order valence-corrected chi connectivity index (χ3v) is 5.94. The summed E-state index contributed by atoms with van der Waals surface area (Å²) in [5.41, 5.74) is 2.69. The van der Waals surface area contributed by atoms with Crippen molar-refractivity contribution in [1.82, 2.24) is 14.5 Å². The van der Waals surface area contributed by atoms with E-state index in [1.807, 2.05) is 55.8 Å². The number of hydrogen-bond acceptors (Lipinski definition) is 6. The van der Waals surface area contributed by atoms with Gasteiger partial charge >= 0.3 is 0 Å². The van der Waals surface area contributed by atoms with Gasteiger partial charge in [-0.3, -0.25) is 0 Å². The van der Waals surface area contributed by atoms with Crippen molar-refractivity contribution in [2.45, 2.75) is 32.6 Å². The molecule has 0 spiro atoms. The Bertz CT molecular complexity index is 1250. The third-order valence-electron chi connectivity index (χ3n) is 5.94. The Kier molecular flexibility index (Phi) is 5.08. The molecule has 2 aromatic carbocycles. The highest BCUT2D eigenvalue weighted by Gasteiger charge is 2.48. The number of aromatic nitrogens is 2. The number of aryl methyl sites for hydroxylation is 1. The van der Waals surface area contributed by atoms with Crippen molar-refractivity contribution in [2.24, 2.45) is 5.16 Å². The van der Waals surface area contributed by atoms with Gasteiger partial charge in [0.1, 0.15) is 17.7 Å². The van der Waals surface area contributed by atoms with E-state index in [1.165, 1.54) is 12.1 Å². The van der Waals surface area contributed by atoms with E-state index in [-0.39, 0.29) is 11.9 Å². The predicted molar refractivity (Wildman–Crippen MR) is 122 cm³/mol. The second-order valence-electron chi connectivity index (χ2n) is 8.40. The van der Waals surface area contributed by atoms with Gasteiger partial charge in [0, 0.05) is 18.7 Å². The van der Waals surface area contributed by atoms with Crippen LogP contribution in [0.25, 0.3) is 11.8 Å². The molecule has 3 aromatic rings. The van der Waals surface area contributed by atoms with Crippen LogP contribution in [0, 0.1) is 12.7 Å². The summed E-state index contributed by atoms with van der Waals surface area (Å²) >= 11 is 0. The Balaban J connectivity index is 1.48. The number of fused-ring (bicyclic) bond motifs is 1. The van der Waals surface area contributed by atoms with Gasteiger partial charge in [-0.15, -0.1) is 0 Å². The van der Waals surface area contributed by atoms with Gasteiger partial charge in [-0.25, -0.2) is 9.37 Å². The number of nitrogens with zero attached hydrogens (tertiary/aromatic N) is 4. The summed E-state index contributed by atoms with van der Waals surface area (Å²) in [6, 6.07) is 12.2. The fraction of sp³-hybridized carbons (Fsp3) is 0.280. The van der Waals surface area contributed by atoms with Gasteiger partial charge in [0.15, 0.2) is 5.76 Å². The molecule has 33 heavy (non-hydrogen) atoms. The van der Waals surface area contributed by atoms with Crippen LogP contribution in [0.5, 0.6) is 5.75 Å². The first kappa shape index (κ1) is 21.1. The minimum Gasteiger partial charge on any atom is -0.495 e. The molecular weight excluding hydrogens is 423 g/mol. The maximum absolute atomic E-state index is 13.5. The summed E-state index contributed by atoms with van der Waals surface area (Å²) in [6.07, 6.45) is 5.54. The molecule has 8 heteroatoms. The highest BCUT2D eigenvalue weighted by atomic mass is 19.1. The first-order chi connectivity index (χ1) is 15.9. The molecule has 0 aliphatic carbocycles. The summed E-state index contributed by atoms with van der Waals surface area (Å²) in [6.45, 7) is 6.46. The Morgan fingerprint density at radius 1 is 1.21 bits per heavy atom. The van der Waals surface area contributed by atoms with Gasteiger partial charge < -0.3 is 23.8 Å². The van der Waals surface area contributed by atoms with Gasteiger partial charge in [-0.2, -0.15) is 0 Å². The molecule has 0 unspecified atom stereocenters. The molecule has 0 radical (unpaired) electrons. The van der Waals surface area contributed by atoms with Crippen LogP contribution < -0.4 is 4.74 Å². The van der Waals surface area contributed by atoms with Crippen LogP contribution in [0.1, 0.15) is 30.7 Å².